The van der Waals surface area contributed by atoms with Crippen molar-refractivity contribution in [1.82, 2.24) is 0 Å². The standard InChI is InChI=1S/C14H20ClNO/c1-9(2)11-7-10(14(16)5-4-6-14)8-12(15)13(11)17-3/h7-9H,4-6,16H2,1-3H3. The summed E-state index contributed by atoms with van der Waals surface area (Å²) in [5.41, 5.74) is 8.48. The van der Waals surface area contributed by atoms with Crippen LogP contribution in [0.3, 0.4) is 0 Å². The number of hydrogen-bond acceptors (Lipinski definition) is 2. The van der Waals surface area contributed by atoms with E-state index in [-0.39, 0.29) is 5.54 Å². The Morgan fingerprint density at radius 1 is 1.35 bits per heavy atom. The molecule has 2 N–H and O–H groups in total. The second-order valence-electron chi connectivity index (χ2n) is 5.24. The molecule has 17 heavy (non-hydrogen) atoms. The van der Waals surface area contributed by atoms with Gasteiger partial charge in [0.2, 0.25) is 0 Å². The molecular formula is C14H20ClNO. The summed E-state index contributed by atoms with van der Waals surface area (Å²) in [6, 6.07) is 4.12. The lowest BCUT2D eigenvalue weighted by Gasteiger charge is -2.39. The molecule has 0 atom stereocenters. The van der Waals surface area contributed by atoms with Gasteiger partial charge < -0.3 is 10.5 Å². The number of halogens is 1. The molecule has 1 aromatic rings. The molecule has 1 saturated carbocycles. The number of benzene rings is 1. The van der Waals surface area contributed by atoms with Crippen LogP contribution in [0.2, 0.25) is 5.02 Å². The van der Waals surface area contributed by atoms with E-state index in [1.165, 1.54) is 6.42 Å². The summed E-state index contributed by atoms with van der Waals surface area (Å²) in [4.78, 5) is 0. The maximum absolute atomic E-state index is 6.35. The summed E-state index contributed by atoms with van der Waals surface area (Å²) in [7, 11) is 1.66. The molecule has 1 aromatic carbocycles. The molecule has 0 bridgehead atoms. The minimum Gasteiger partial charge on any atom is -0.495 e. The van der Waals surface area contributed by atoms with Gasteiger partial charge in [-0.2, -0.15) is 0 Å². The Morgan fingerprint density at radius 2 is 2.00 bits per heavy atom. The predicted octanol–water partition coefficient (Wildman–Crippen LogP) is 3.81. The first-order chi connectivity index (χ1) is 7.98. The van der Waals surface area contributed by atoms with Gasteiger partial charge in [0.15, 0.2) is 0 Å². The van der Waals surface area contributed by atoms with E-state index in [2.05, 4.69) is 19.9 Å². The van der Waals surface area contributed by atoms with E-state index in [1.807, 2.05) is 6.07 Å². The molecule has 2 nitrogen and oxygen atoms in total. The van der Waals surface area contributed by atoms with Crippen molar-refractivity contribution in [2.24, 2.45) is 5.73 Å². The van der Waals surface area contributed by atoms with E-state index < -0.39 is 0 Å². The summed E-state index contributed by atoms with van der Waals surface area (Å²) < 4.78 is 5.38. The Balaban J connectivity index is 2.50. The zero-order valence-corrected chi connectivity index (χ0v) is 11.5. The van der Waals surface area contributed by atoms with Crippen molar-refractivity contribution >= 4 is 11.6 Å². The maximum atomic E-state index is 6.35. The van der Waals surface area contributed by atoms with Crippen LogP contribution in [-0.2, 0) is 5.54 Å². The third-order valence-electron chi connectivity index (χ3n) is 3.72. The highest BCUT2D eigenvalue weighted by Gasteiger charge is 2.35. The average Bonchev–Trinajstić information content (AvgIpc) is 2.24. The second kappa shape index (κ2) is 4.51. The molecule has 0 aromatic heterocycles. The van der Waals surface area contributed by atoms with Crippen LogP contribution in [0, 0.1) is 0 Å². The third kappa shape index (κ3) is 2.16. The van der Waals surface area contributed by atoms with Gasteiger partial charge in [-0.1, -0.05) is 25.4 Å². The average molecular weight is 254 g/mol. The molecule has 0 unspecified atom stereocenters. The molecule has 94 valence electrons. The third-order valence-corrected chi connectivity index (χ3v) is 4.00. The molecule has 0 amide bonds. The molecule has 1 aliphatic carbocycles. The lowest BCUT2D eigenvalue weighted by molar-refractivity contribution is 0.253. The first-order valence-corrected chi connectivity index (χ1v) is 6.52. The lowest BCUT2D eigenvalue weighted by Crippen LogP contribution is -2.43. The fraction of sp³-hybridized carbons (Fsp3) is 0.571. The maximum Gasteiger partial charge on any atom is 0.140 e. The molecule has 0 saturated heterocycles. The lowest BCUT2D eigenvalue weighted by atomic mass is 9.72. The molecule has 1 fully saturated rings. The van der Waals surface area contributed by atoms with Crippen molar-refractivity contribution in [1.29, 1.82) is 0 Å². The second-order valence-corrected chi connectivity index (χ2v) is 5.65. The highest BCUT2D eigenvalue weighted by Crippen LogP contribution is 2.43. The fourth-order valence-electron chi connectivity index (χ4n) is 2.39. The number of hydrogen-bond donors (Lipinski definition) is 1. The van der Waals surface area contributed by atoms with E-state index in [1.54, 1.807) is 7.11 Å². The molecule has 0 spiro atoms. The van der Waals surface area contributed by atoms with Crippen LogP contribution in [0.5, 0.6) is 5.75 Å². The van der Waals surface area contributed by atoms with Gasteiger partial charge in [-0.05, 0) is 48.4 Å². The first-order valence-electron chi connectivity index (χ1n) is 6.15. The van der Waals surface area contributed by atoms with Crippen molar-refractivity contribution < 1.29 is 4.74 Å². The van der Waals surface area contributed by atoms with Crippen LogP contribution >= 0.6 is 11.6 Å². The zero-order chi connectivity index (χ0) is 12.6. The van der Waals surface area contributed by atoms with Gasteiger partial charge in [0.05, 0.1) is 12.1 Å². The number of rotatable bonds is 3. The number of nitrogens with two attached hydrogens (primary N) is 1. The largest absolute Gasteiger partial charge is 0.495 e. The molecule has 2 rings (SSSR count). The van der Waals surface area contributed by atoms with Gasteiger partial charge >= 0.3 is 0 Å². The summed E-state index contributed by atoms with van der Waals surface area (Å²) in [6.07, 6.45) is 3.30. The van der Waals surface area contributed by atoms with E-state index in [0.717, 1.165) is 29.7 Å². The van der Waals surface area contributed by atoms with Crippen LogP contribution in [-0.4, -0.2) is 7.11 Å². The molecule has 0 heterocycles. The fourth-order valence-corrected chi connectivity index (χ4v) is 2.70. The first kappa shape index (κ1) is 12.7. The van der Waals surface area contributed by atoms with Gasteiger partial charge in [-0.3, -0.25) is 0 Å². The van der Waals surface area contributed by atoms with Crippen LogP contribution in [0.4, 0.5) is 0 Å². The van der Waals surface area contributed by atoms with Gasteiger partial charge in [-0.15, -0.1) is 0 Å². The van der Waals surface area contributed by atoms with Gasteiger partial charge in [0.25, 0.3) is 0 Å². The Morgan fingerprint density at radius 3 is 2.41 bits per heavy atom. The highest BCUT2D eigenvalue weighted by molar-refractivity contribution is 6.32. The Bertz CT molecular complexity index is 424. The normalized spacial score (nSPS) is 18.0. The SMILES string of the molecule is COc1c(Cl)cc(C2(N)CCC2)cc1C(C)C. The Labute approximate surface area is 108 Å². The van der Waals surface area contributed by atoms with Crippen molar-refractivity contribution in [3.05, 3.63) is 28.3 Å². The number of ether oxygens (including phenoxy) is 1. The van der Waals surface area contributed by atoms with E-state index in [4.69, 9.17) is 22.1 Å². The molecule has 0 radical (unpaired) electrons. The molecule has 0 aliphatic heterocycles. The van der Waals surface area contributed by atoms with E-state index in [0.29, 0.717) is 10.9 Å². The topological polar surface area (TPSA) is 35.2 Å². The number of methoxy groups -OCH3 is 1. The Hall–Kier alpha value is -0.730. The van der Waals surface area contributed by atoms with Crippen molar-refractivity contribution in [3.8, 4) is 5.75 Å². The zero-order valence-electron chi connectivity index (χ0n) is 10.7. The van der Waals surface area contributed by atoms with Gasteiger partial charge in [-0.25, -0.2) is 0 Å². The van der Waals surface area contributed by atoms with Gasteiger partial charge in [0, 0.05) is 5.54 Å². The monoisotopic (exact) mass is 253 g/mol. The van der Waals surface area contributed by atoms with Crippen LogP contribution in [0.15, 0.2) is 12.1 Å². The smallest absolute Gasteiger partial charge is 0.140 e. The molecule has 1 aliphatic rings. The van der Waals surface area contributed by atoms with Crippen molar-refractivity contribution in [2.75, 3.05) is 7.11 Å². The summed E-state index contributed by atoms with van der Waals surface area (Å²) in [5.74, 6) is 1.17. The van der Waals surface area contributed by atoms with Crippen LogP contribution in [0.1, 0.15) is 50.2 Å². The highest BCUT2D eigenvalue weighted by atomic mass is 35.5. The minimum absolute atomic E-state index is 0.167. The summed E-state index contributed by atoms with van der Waals surface area (Å²) in [5, 5.41) is 0.672. The molecular weight excluding hydrogens is 234 g/mol. The van der Waals surface area contributed by atoms with Gasteiger partial charge in [0.1, 0.15) is 5.75 Å². The quantitative estimate of drug-likeness (QED) is 0.889. The Kier molecular flexibility index (Phi) is 3.37. The minimum atomic E-state index is -0.167. The van der Waals surface area contributed by atoms with E-state index in [9.17, 15) is 0 Å². The summed E-state index contributed by atoms with van der Waals surface area (Å²) >= 11 is 6.29. The van der Waals surface area contributed by atoms with Crippen molar-refractivity contribution in [3.63, 3.8) is 0 Å². The summed E-state index contributed by atoms with van der Waals surface area (Å²) in [6.45, 7) is 4.28. The molecule has 3 heteroatoms. The van der Waals surface area contributed by atoms with Crippen LogP contribution < -0.4 is 10.5 Å². The predicted molar refractivity (Wildman–Crippen MR) is 71.8 cm³/mol. The van der Waals surface area contributed by atoms with Crippen LogP contribution in [0.25, 0.3) is 0 Å². The van der Waals surface area contributed by atoms with E-state index >= 15 is 0 Å². The van der Waals surface area contributed by atoms with Crippen molar-refractivity contribution in [2.45, 2.75) is 44.6 Å².